The number of anilines is 1. The van der Waals surface area contributed by atoms with Gasteiger partial charge >= 0.3 is 0 Å². The summed E-state index contributed by atoms with van der Waals surface area (Å²) in [6.07, 6.45) is 7.28. The van der Waals surface area contributed by atoms with Crippen LogP contribution in [0.3, 0.4) is 0 Å². The second-order valence-corrected chi connectivity index (χ2v) is 3.49. The van der Waals surface area contributed by atoms with Gasteiger partial charge in [-0.2, -0.15) is 0 Å². The number of hydrogen-bond acceptors (Lipinski definition) is 3. The quantitative estimate of drug-likeness (QED) is 0.642. The molecule has 1 heterocycles. The molecule has 84 valence electrons. The average molecular weight is 223 g/mol. The smallest absolute Gasteiger partial charge is 0.151 e. The molecular formula is C14H13N3. The highest BCUT2D eigenvalue weighted by Gasteiger charge is 1.86. The zero-order valence-electron chi connectivity index (χ0n) is 9.32. The number of rotatable bonds is 3. The number of allylic oxidation sites excluding steroid dienone is 1. The summed E-state index contributed by atoms with van der Waals surface area (Å²) in [5, 5.41) is 0. The fourth-order valence-electron chi connectivity index (χ4n) is 1.31. The fraction of sp³-hybridized carbons (Fsp3) is 0. The monoisotopic (exact) mass is 223 g/mol. The summed E-state index contributed by atoms with van der Waals surface area (Å²) in [4.78, 5) is 8.28. The molecule has 0 spiro atoms. The first kappa shape index (κ1) is 11.1. The van der Waals surface area contributed by atoms with Crippen molar-refractivity contribution < 1.29 is 0 Å². The SMILES string of the molecule is Nc1ccc(/C=C/C=N/c2ccccn2)cc1. The minimum Gasteiger partial charge on any atom is -0.399 e. The van der Waals surface area contributed by atoms with E-state index in [4.69, 9.17) is 5.73 Å². The molecule has 3 heteroatoms. The van der Waals surface area contributed by atoms with Crippen LogP contribution < -0.4 is 5.73 Å². The molecule has 0 saturated carbocycles. The van der Waals surface area contributed by atoms with E-state index in [1.807, 2.05) is 54.6 Å². The molecule has 0 bridgehead atoms. The minimum atomic E-state index is 0.703. The standard InChI is InChI=1S/C14H13N3/c15-13-8-6-12(7-9-13)4-3-11-17-14-5-1-2-10-16-14/h1-11H,15H2/b4-3+,17-11+. The number of nitrogens with zero attached hydrogens (tertiary/aromatic N) is 2. The Morgan fingerprint density at radius 2 is 1.88 bits per heavy atom. The van der Waals surface area contributed by atoms with Crippen LogP contribution in [0.4, 0.5) is 11.5 Å². The Labute approximate surface area is 100 Å². The predicted octanol–water partition coefficient (Wildman–Crippen LogP) is 3.08. The summed E-state index contributed by atoms with van der Waals surface area (Å²) < 4.78 is 0. The lowest BCUT2D eigenvalue weighted by Crippen LogP contribution is -1.82. The van der Waals surface area contributed by atoms with Gasteiger partial charge in [-0.15, -0.1) is 0 Å². The second-order valence-electron chi connectivity index (χ2n) is 3.49. The summed E-state index contributed by atoms with van der Waals surface area (Å²) in [6.45, 7) is 0. The van der Waals surface area contributed by atoms with Crippen LogP contribution in [0.15, 0.2) is 59.7 Å². The van der Waals surface area contributed by atoms with Crippen LogP contribution in [0.2, 0.25) is 0 Å². The van der Waals surface area contributed by atoms with Gasteiger partial charge in [0.1, 0.15) is 0 Å². The maximum Gasteiger partial charge on any atom is 0.151 e. The van der Waals surface area contributed by atoms with Gasteiger partial charge in [0.05, 0.1) is 0 Å². The van der Waals surface area contributed by atoms with Crippen molar-refractivity contribution in [2.75, 3.05) is 5.73 Å². The molecule has 0 fully saturated rings. The molecule has 2 N–H and O–H groups in total. The van der Waals surface area contributed by atoms with Crippen LogP contribution >= 0.6 is 0 Å². The van der Waals surface area contributed by atoms with E-state index in [9.17, 15) is 0 Å². The van der Waals surface area contributed by atoms with Gasteiger partial charge in [0.25, 0.3) is 0 Å². The summed E-state index contributed by atoms with van der Waals surface area (Å²) >= 11 is 0. The molecule has 0 radical (unpaired) electrons. The van der Waals surface area contributed by atoms with E-state index in [2.05, 4.69) is 9.98 Å². The molecule has 17 heavy (non-hydrogen) atoms. The molecule has 0 aliphatic heterocycles. The number of nitrogens with two attached hydrogens (primary N) is 1. The first-order valence-electron chi connectivity index (χ1n) is 5.32. The third-order valence-corrected chi connectivity index (χ3v) is 2.17. The van der Waals surface area contributed by atoms with Crippen LogP contribution in [0.25, 0.3) is 6.08 Å². The van der Waals surface area contributed by atoms with Crippen molar-refractivity contribution in [2.24, 2.45) is 4.99 Å². The van der Waals surface area contributed by atoms with Gasteiger partial charge in [-0.25, -0.2) is 9.98 Å². The van der Waals surface area contributed by atoms with Crippen molar-refractivity contribution in [3.05, 3.63) is 60.3 Å². The Hall–Kier alpha value is -2.42. The van der Waals surface area contributed by atoms with E-state index in [1.54, 1.807) is 12.4 Å². The maximum absolute atomic E-state index is 5.60. The number of nitrogen functional groups attached to an aromatic ring is 1. The Balaban J connectivity index is 1.98. The molecule has 3 nitrogen and oxygen atoms in total. The molecule has 2 aromatic rings. The summed E-state index contributed by atoms with van der Waals surface area (Å²) in [7, 11) is 0. The second kappa shape index (κ2) is 5.61. The number of pyridine rings is 1. The van der Waals surface area contributed by atoms with Gasteiger partial charge in [0.15, 0.2) is 5.82 Å². The molecule has 0 atom stereocenters. The lowest BCUT2D eigenvalue weighted by molar-refractivity contribution is 1.28. The fourth-order valence-corrected chi connectivity index (χ4v) is 1.31. The van der Waals surface area contributed by atoms with E-state index in [1.165, 1.54) is 0 Å². The third-order valence-electron chi connectivity index (χ3n) is 2.17. The number of benzene rings is 1. The zero-order chi connectivity index (χ0) is 11.9. The molecule has 0 aliphatic carbocycles. The Kier molecular flexibility index (Phi) is 3.65. The number of aliphatic imine (C=N–C) groups is 1. The van der Waals surface area contributed by atoms with E-state index < -0.39 is 0 Å². The molecule has 1 aromatic heterocycles. The third kappa shape index (κ3) is 3.57. The van der Waals surface area contributed by atoms with Crippen LogP contribution in [0.5, 0.6) is 0 Å². The first-order valence-corrected chi connectivity index (χ1v) is 5.32. The molecule has 2 rings (SSSR count). The van der Waals surface area contributed by atoms with Crippen LogP contribution in [0.1, 0.15) is 5.56 Å². The number of hydrogen-bond donors (Lipinski definition) is 1. The Morgan fingerprint density at radius 1 is 1.06 bits per heavy atom. The van der Waals surface area contributed by atoms with Gasteiger partial charge in [-0.05, 0) is 35.9 Å². The average Bonchev–Trinajstić information content (AvgIpc) is 2.38. The normalized spacial score (nSPS) is 11.3. The minimum absolute atomic E-state index is 0.703. The highest BCUT2D eigenvalue weighted by molar-refractivity contribution is 5.80. The van der Waals surface area contributed by atoms with Gasteiger partial charge in [0.2, 0.25) is 0 Å². The molecular weight excluding hydrogens is 210 g/mol. The van der Waals surface area contributed by atoms with Crippen molar-refractivity contribution in [1.82, 2.24) is 4.98 Å². The van der Waals surface area contributed by atoms with E-state index in [0.717, 1.165) is 11.3 Å². The van der Waals surface area contributed by atoms with Crippen LogP contribution in [0, 0.1) is 0 Å². The maximum atomic E-state index is 5.60. The van der Waals surface area contributed by atoms with Gasteiger partial charge in [-0.1, -0.05) is 24.3 Å². The summed E-state index contributed by atoms with van der Waals surface area (Å²) in [5.74, 6) is 0.703. The van der Waals surface area contributed by atoms with E-state index in [-0.39, 0.29) is 0 Å². The topological polar surface area (TPSA) is 51.3 Å². The van der Waals surface area contributed by atoms with Gasteiger partial charge < -0.3 is 5.73 Å². The van der Waals surface area contributed by atoms with Crippen molar-refractivity contribution in [3.63, 3.8) is 0 Å². The molecule has 0 saturated heterocycles. The molecule has 0 unspecified atom stereocenters. The zero-order valence-corrected chi connectivity index (χ0v) is 9.32. The Bertz CT molecular complexity index is 513. The largest absolute Gasteiger partial charge is 0.399 e. The summed E-state index contributed by atoms with van der Waals surface area (Å²) in [6, 6.07) is 13.3. The van der Waals surface area contributed by atoms with Crippen molar-refractivity contribution in [3.8, 4) is 0 Å². The lowest BCUT2D eigenvalue weighted by Gasteiger charge is -1.93. The Morgan fingerprint density at radius 3 is 2.59 bits per heavy atom. The summed E-state index contributed by atoms with van der Waals surface area (Å²) in [5.41, 5.74) is 7.46. The molecule has 1 aromatic carbocycles. The lowest BCUT2D eigenvalue weighted by atomic mass is 10.2. The van der Waals surface area contributed by atoms with Gasteiger partial charge in [0, 0.05) is 18.1 Å². The van der Waals surface area contributed by atoms with Crippen molar-refractivity contribution >= 4 is 23.8 Å². The van der Waals surface area contributed by atoms with E-state index >= 15 is 0 Å². The molecule has 0 aliphatic rings. The van der Waals surface area contributed by atoms with Crippen molar-refractivity contribution in [2.45, 2.75) is 0 Å². The van der Waals surface area contributed by atoms with Crippen LogP contribution in [-0.4, -0.2) is 11.2 Å². The highest BCUT2D eigenvalue weighted by Crippen LogP contribution is 2.07. The predicted molar refractivity (Wildman–Crippen MR) is 72.3 cm³/mol. The highest BCUT2D eigenvalue weighted by atomic mass is 14.9. The van der Waals surface area contributed by atoms with Gasteiger partial charge in [-0.3, -0.25) is 0 Å². The van der Waals surface area contributed by atoms with Crippen molar-refractivity contribution in [1.29, 1.82) is 0 Å². The van der Waals surface area contributed by atoms with E-state index in [0.29, 0.717) is 5.82 Å². The van der Waals surface area contributed by atoms with Crippen LogP contribution in [-0.2, 0) is 0 Å². The number of aromatic nitrogens is 1. The molecule has 0 amide bonds. The first-order chi connectivity index (χ1) is 8.34.